The summed E-state index contributed by atoms with van der Waals surface area (Å²) in [7, 11) is 0.855. The first-order valence-corrected chi connectivity index (χ1v) is 5.53. The lowest BCUT2D eigenvalue weighted by Crippen LogP contribution is -2.04. The molecule has 0 N–H and O–H groups in total. The molecule has 0 amide bonds. The smallest absolute Gasteiger partial charge is 0.270 e. The third-order valence-electron chi connectivity index (χ3n) is 2.77. The van der Waals surface area contributed by atoms with Gasteiger partial charge in [-0.2, -0.15) is 8.78 Å². The Hall–Kier alpha value is -2.64. The first-order valence-electron chi connectivity index (χ1n) is 5.53. The first-order chi connectivity index (χ1) is 9.88. The summed E-state index contributed by atoms with van der Waals surface area (Å²) < 4.78 is 59.2. The van der Waals surface area contributed by atoms with Crippen molar-refractivity contribution < 1.29 is 27.2 Å². The van der Waals surface area contributed by atoms with E-state index in [4.69, 9.17) is 0 Å². The standard InChI is InChI=1S/C13H7F4NO3/c1-21-13-11(16)9(14)8(10(15)12(13)17)6-3-2-4-7(5-6)18(19)20/h2-5H,1H3. The highest BCUT2D eigenvalue weighted by atomic mass is 19.2. The number of rotatable bonds is 3. The average Bonchev–Trinajstić information content (AvgIpc) is 2.46. The van der Waals surface area contributed by atoms with E-state index >= 15 is 0 Å². The van der Waals surface area contributed by atoms with Crippen molar-refractivity contribution in [3.63, 3.8) is 0 Å². The van der Waals surface area contributed by atoms with Crippen molar-refractivity contribution in [2.75, 3.05) is 7.11 Å². The molecule has 2 aromatic carbocycles. The number of nitro groups is 1. The van der Waals surface area contributed by atoms with Gasteiger partial charge in [0.25, 0.3) is 5.69 Å². The summed E-state index contributed by atoms with van der Waals surface area (Å²) in [5, 5.41) is 10.6. The Bertz CT molecular complexity index is 705. The van der Waals surface area contributed by atoms with Crippen molar-refractivity contribution in [2.24, 2.45) is 0 Å². The Morgan fingerprint density at radius 3 is 2.10 bits per heavy atom. The normalized spacial score (nSPS) is 10.5. The maximum atomic E-state index is 13.9. The van der Waals surface area contributed by atoms with Crippen LogP contribution in [0.25, 0.3) is 11.1 Å². The van der Waals surface area contributed by atoms with Gasteiger partial charge in [-0.25, -0.2) is 8.78 Å². The van der Waals surface area contributed by atoms with E-state index in [-0.39, 0.29) is 5.56 Å². The summed E-state index contributed by atoms with van der Waals surface area (Å²) in [6, 6.07) is 4.13. The Kier molecular flexibility index (Phi) is 3.79. The number of hydrogen-bond acceptors (Lipinski definition) is 3. The monoisotopic (exact) mass is 301 g/mol. The summed E-state index contributed by atoms with van der Waals surface area (Å²) in [6.07, 6.45) is 0. The van der Waals surface area contributed by atoms with Crippen molar-refractivity contribution in [3.8, 4) is 16.9 Å². The van der Waals surface area contributed by atoms with E-state index < -0.39 is 45.2 Å². The summed E-state index contributed by atoms with van der Waals surface area (Å²) >= 11 is 0. The number of methoxy groups -OCH3 is 1. The Labute approximate surface area is 115 Å². The molecule has 0 radical (unpaired) electrons. The molecule has 0 saturated heterocycles. The molecule has 0 atom stereocenters. The number of ether oxygens (including phenoxy) is 1. The number of nitrogens with zero attached hydrogens (tertiary/aromatic N) is 1. The van der Waals surface area contributed by atoms with Gasteiger partial charge in [-0.05, 0) is 5.56 Å². The second-order valence-corrected chi connectivity index (χ2v) is 3.97. The number of halogens is 4. The number of non-ortho nitro benzene ring substituents is 1. The molecule has 8 heteroatoms. The molecule has 0 aliphatic carbocycles. The van der Waals surface area contributed by atoms with E-state index in [1.54, 1.807) is 0 Å². The summed E-state index contributed by atoms with van der Waals surface area (Å²) in [4.78, 5) is 9.84. The first kappa shape index (κ1) is 14.8. The average molecular weight is 301 g/mol. The van der Waals surface area contributed by atoms with Gasteiger partial charge in [0.2, 0.25) is 11.6 Å². The lowest BCUT2D eigenvalue weighted by Gasteiger charge is -2.11. The zero-order valence-corrected chi connectivity index (χ0v) is 10.5. The molecule has 0 unspecified atom stereocenters. The number of nitro benzene ring substituents is 1. The molecular formula is C13H7F4NO3. The van der Waals surface area contributed by atoms with Crippen LogP contribution in [-0.4, -0.2) is 12.0 Å². The molecule has 0 heterocycles. The predicted octanol–water partition coefficient (Wildman–Crippen LogP) is 3.83. The van der Waals surface area contributed by atoms with Crippen LogP contribution in [0.5, 0.6) is 5.75 Å². The zero-order chi connectivity index (χ0) is 15.7. The molecule has 0 aliphatic rings. The minimum Gasteiger partial charge on any atom is -0.491 e. The molecule has 0 aliphatic heterocycles. The molecule has 0 spiro atoms. The van der Waals surface area contributed by atoms with Gasteiger partial charge in [0, 0.05) is 12.1 Å². The molecule has 2 rings (SSSR count). The van der Waals surface area contributed by atoms with Gasteiger partial charge in [0.15, 0.2) is 17.4 Å². The fourth-order valence-corrected chi connectivity index (χ4v) is 1.82. The van der Waals surface area contributed by atoms with E-state index in [9.17, 15) is 27.7 Å². The topological polar surface area (TPSA) is 52.4 Å². The van der Waals surface area contributed by atoms with Crippen molar-refractivity contribution in [2.45, 2.75) is 0 Å². The lowest BCUT2D eigenvalue weighted by atomic mass is 10.0. The van der Waals surface area contributed by atoms with E-state index in [0.717, 1.165) is 31.4 Å². The van der Waals surface area contributed by atoms with Gasteiger partial charge in [-0.15, -0.1) is 0 Å². The van der Waals surface area contributed by atoms with Crippen molar-refractivity contribution >= 4 is 5.69 Å². The van der Waals surface area contributed by atoms with Crippen LogP contribution in [0.15, 0.2) is 24.3 Å². The summed E-state index contributed by atoms with van der Waals surface area (Å²) in [6.45, 7) is 0. The maximum Gasteiger partial charge on any atom is 0.270 e. The minimum absolute atomic E-state index is 0.361. The molecule has 21 heavy (non-hydrogen) atoms. The third kappa shape index (κ3) is 2.39. The molecule has 0 saturated carbocycles. The molecule has 110 valence electrons. The van der Waals surface area contributed by atoms with E-state index in [1.807, 2.05) is 0 Å². The molecule has 4 nitrogen and oxygen atoms in total. The lowest BCUT2D eigenvalue weighted by molar-refractivity contribution is -0.384. The second-order valence-electron chi connectivity index (χ2n) is 3.97. The molecular weight excluding hydrogens is 294 g/mol. The summed E-state index contributed by atoms with van der Waals surface area (Å²) in [5.41, 5.74) is -1.86. The summed E-state index contributed by atoms with van der Waals surface area (Å²) in [5.74, 6) is -7.99. The number of benzene rings is 2. The van der Waals surface area contributed by atoms with Crippen LogP contribution in [0.3, 0.4) is 0 Å². The van der Waals surface area contributed by atoms with Crippen molar-refractivity contribution in [3.05, 3.63) is 57.6 Å². The van der Waals surface area contributed by atoms with Crippen molar-refractivity contribution in [1.82, 2.24) is 0 Å². The fraction of sp³-hybridized carbons (Fsp3) is 0.0769. The Morgan fingerprint density at radius 2 is 1.62 bits per heavy atom. The largest absolute Gasteiger partial charge is 0.491 e. The van der Waals surface area contributed by atoms with E-state index in [2.05, 4.69) is 4.74 Å². The van der Waals surface area contributed by atoms with Gasteiger partial charge in [0.05, 0.1) is 17.6 Å². The van der Waals surface area contributed by atoms with Crippen molar-refractivity contribution in [1.29, 1.82) is 0 Å². The molecule has 0 aromatic heterocycles. The van der Waals surface area contributed by atoms with Gasteiger partial charge < -0.3 is 4.74 Å². The fourth-order valence-electron chi connectivity index (χ4n) is 1.82. The van der Waals surface area contributed by atoms with Crippen LogP contribution >= 0.6 is 0 Å². The van der Waals surface area contributed by atoms with E-state index in [0.29, 0.717) is 0 Å². The van der Waals surface area contributed by atoms with Gasteiger partial charge in [-0.1, -0.05) is 12.1 Å². The van der Waals surface area contributed by atoms with Gasteiger partial charge in [-0.3, -0.25) is 10.1 Å². The highest BCUT2D eigenvalue weighted by molar-refractivity contribution is 5.68. The van der Waals surface area contributed by atoms with Crippen LogP contribution in [0.4, 0.5) is 23.2 Å². The molecule has 0 fully saturated rings. The van der Waals surface area contributed by atoms with Crippen LogP contribution in [0, 0.1) is 33.4 Å². The van der Waals surface area contributed by atoms with Crippen LogP contribution in [-0.2, 0) is 0 Å². The quantitative estimate of drug-likeness (QED) is 0.375. The Balaban J connectivity index is 2.76. The van der Waals surface area contributed by atoms with Crippen LogP contribution in [0.1, 0.15) is 0 Å². The Morgan fingerprint density at radius 1 is 1.05 bits per heavy atom. The van der Waals surface area contributed by atoms with Crippen LogP contribution in [0.2, 0.25) is 0 Å². The zero-order valence-electron chi connectivity index (χ0n) is 10.5. The minimum atomic E-state index is -1.71. The SMILES string of the molecule is COc1c(F)c(F)c(-c2cccc([N+](=O)[O-])c2)c(F)c1F. The molecule has 2 aromatic rings. The predicted molar refractivity (Wildman–Crippen MR) is 64.9 cm³/mol. The molecule has 0 bridgehead atoms. The third-order valence-corrected chi connectivity index (χ3v) is 2.77. The second kappa shape index (κ2) is 5.39. The van der Waals surface area contributed by atoms with Gasteiger partial charge in [0.1, 0.15) is 0 Å². The van der Waals surface area contributed by atoms with Gasteiger partial charge >= 0.3 is 0 Å². The highest BCUT2D eigenvalue weighted by Gasteiger charge is 2.27. The maximum absolute atomic E-state index is 13.9. The van der Waals surface area contributed by atoms with Crippen LogP contribution < -0.4 is 4.74 Å². The number of hydrogen-bond donors (Lipinski definition) is 0. The van der Waals surface area contributed by atoms with E-state index in [1.165, 1.54) is 0 Å². The highest BCUT2D eigenvalue weighted by Crippen LogP contribution is 2.36.